The van der Waals surface area contributed by atoms with Crippen LogP contribution in [-0.4, -0.2) is 14.5 Å². The molecule has 0 bridgehead atoms. The van der Waals surface area contributed by atoms with Crippen LogP contribution in [-0.2, 0) is 0 Å². The molecule has 254 valence electrons. The van der Waals surface area contributed by atoms with E-state index in [1.54, 1.807) is 11.3 Å². The molecule has 0 aliphatic carbocycles. The summed E-state index contributed by atoms with van der Waals surface area (Å²) in [7, 11) is 0. The van der Waals surface area contributed by atoms with Crippen molar-refractivity contribution in [3.05, 3.63) is 164 Å². The average Bonchev–Trinajstić information content (AvgIpc) is 3.92. The quantitative estimate of drug-likeness (QED) is 0.166. The Hall–Kier alpha value is -6.66. The van der Waals surface area contributed by atoms with Gasteiger partial charge in [-0.15, -0.1) is 22.7 Å². The molecule has 0 saturated carbocycles. The number of thiophene rings is 2. The molecule has 0 spiro atoms. The fourth-order valence-electron chi connectivity index (χ4n) is 9.26. The molecule has 0 unspecified atom stereocenters. The van der Waals surface area contributed by atoms with Crippen molar-refractivity contribution < 1.29 is 0 Å². The van der Waals surface area contributed by atoms with Crippen LogP contribution in [0.5, 0.6) is 0 Å². The minimum atomic E-state index is 0.686. The predicted molar refractivity (Wildman–Crippen MR) is 238 cm³/mol. The lowest BCUT2D eigenvalue weighted by atomic mass is 9.91. The predicted octanol–water partition coefficient (Wildman–Crippen LogP) is 14.6. The van der Waals surface area contributed by atoms with Gasteiger partial charge in [0.15, 0.2) is 0 Å². The number of rotatable bonds is 2. The molecule has 5 heteroatoms. The maximum Gasteiger partial charge on any atom is 0.236 e. The Morgan fingerprint density at radius 2 is 0.964 bits per heavy atom. The fraction of sp³-hybridized carbons (Fsp3) is 0. The SMILES string of the molecule is c1ccc2c(c1)ccc1c3c4c5ccccc5c5ccccc5c4ccc3n(-c3nc(-c4ccc5c(c4)sc4ccccc45)c4c(n3)sc3ccccc34)c21. The van der Waals surface area contributed by atoms with Crippen LogP contribution in [0.2, 0.25) is 0 Å². The van der Waals surface area contributed by atoms with E-state index in [0.29, 0.717) is 5.95 Å². The topological polar surface area (TPSA) is 30.7 Å². The molecule has 13 rings (SSSR count). The van der Waals surface area contributed by atoms with Gasteiger partial charge in [-0.3, -0.25) is 4.57 Å². The smallest absolute Gasteiger partial charge is 0.236 e. The maximum absolute atomic E-state index is 5.66. The van der Waals surface area contributed by atoms with Gasteiger partial charge in [-0.1, -0.05) is 140 Å². The van der Waals surface area contributed by atoms with Gasteiger partial charge < -0.3 is 0 Å². The van der Waals surface area contributed by atoms with Crippen LogP contribution < -0.4 is 0 Å². The molecule has 0 fully saturated rings. The molecule has 4 aromatic heterocycles. The van der Waals surface area contributed by atoms with Gasteiger partial charge >= 0.3 is 0 Å². The fourth-order valence-corrected chi connectivity index (χ4v) is 11.5. The van der Waals surface area contributed by atoms with Crippen molar-refractivity contribution >= 4 is 128 Å². The summed E-state index contributed by atoms with van der Waals surface area (Å²) in [5, 5.41) is 17.3. The zero-order valence-electron chi connectivity index (χ0n) is 29.2. The molecule has 4 heterocycles. The summed E-state index contributed by atoms with van der Waals surface area (Å²) < 4.78 is 6.13. The summed E-state index contributed by atoms with van der Waals surface area (Å²) in [6.07, 6.45) is 0. The van der Waals surface area contributed by atoms with Crippen LogP contribution in [0.4, 0.5) is 0 Å². The van der Waals surface area contributed by atoms with Gasteiger partial charge in [0.2, 0.25) is 5.95 Å². The van der Waals surface area contributed by atoms with Gasteiger partial charge in [0.05, 0.1) is 16.7 Å². The lowest BCUT2D eigenvalue weighted by Gasteiger charge is -2.13. The highest BCUT2D eigenvalue weighted by molar-refractivity contribution is 7.26. The average molecular weight is 734 g/mol. The zero-order valence-corrected chi connectivity index (χ0v) is 30.9. The molecular formula is C50H27N3S2. The minimum Gasteiger partial charge on any atom is -0.277 e. The summed E-state index contributed by atoms with van der Waals surface area (Å²) in [6.45, 7) is 0. The number of hydrogen-bond acceptors (Lipinski definition) is 4. The van der Waals surface area contributed by atoms with Crippen molar-refractivity contribution in [3.8, 4) is 17.2 Å². The van der Waals surface area contributed by atoms with Crippen molar-refractivity contribution in [2.75, 3.05) is 0 Å². The number of benzene rings is 9. The molecule has 13 aromatic rings. The molecule has 55 heavy (non-hydrogen) atoms. The Kier molecular flexibility index (Phi) is 5.93. The highest BCUT2D eigenvalue weighted by atomic mass is 32.1. The van der Waals surface area contributed by atoms with Gasteiger partial charge in [0.1, 0.15) is 4.83 Å². The van der Waals surface area contributed by atoms with E-state index in [2.05, 4.69) is 168 Å². The monoisotopic (exact) mass is 733 g/mol. The largest absolute Gasteiger partial charge is 0.277 e. The molecule has 0 N–H and O–H groups in total. The molecular weight excluding hydrogens is 707 g/mol. The van der Waals surface area contributed by atoms with E-state index in [-0.39, 0.29) is 0 Å². The number of nitrogens with zero attached hydrogens (tertiary/aromatic N) is 3. The first-order valence-electron chi connectivity index (χ1n) is 18.6. The van der Waals surface area contributed by atoms with Crippen molar-refractivity contribution in [1.82, 2.24) is 14.5 Å². The molecule has 0 saturated heterocycles. The summed E-state index contributed by atoms with van der Waals surface area (Å²) in [5.41, 5.74) is 4.30. The highest BCUT2D eigenvalue weighted by Crippen LogP contribution is 2.46. The summed E-state index contributed by atoms with van der Waals surface area (Å²) in [5.74, 6) is 0.686. The van der Waals surface area contributed by atoms with Crippen molar-refractivity contribution in [1.29, 1.82) is 0 Å². The maximum atomic E-state index is 5.66. The third kappa shape index (κ3) is 4.03. The molecule has 3 nitrogen and oxygen atoms in total. The van der Waals surface area contributed by atoms with Crippen molar-refractivity contribution in [3.63, 3.8) is 0 Å². The van der Waals surface area contributed by atoms with Gasteiger partial charge in [-0.25, -0.2) is 9.97 Å². The van der Waals surface area contributed by atoms with Crippen LogP contribution >= 0.6 is 22.7 Å². The van der Waals surface area contributed by atoms with Crippen molar-refractivity contribution in [2.45, 2.75) is 0 Å². The van der Waals surface area contributed by atoms with E-state index >= 15 is 0 Å². The molecule has 0 radical (unpaired) electrons. The van der Waals surface area contributed by atoms with Crippen molar-refractivity contribution in [2.24, 2.45) is 0 Å². The second-order valence-corrected chi connectivity index (χ2v) is 16.6. The second-order valence-electron chi connectivity index (χ2n) is 14.5. The van der Waals surface area contributed by atoms with Crippen LogP contribution in [0, 0.1) is 0 Å². The Balaban J connectivity index is 1.21. The van der Waals surface area contributed by atoms with E-state index in [1.165, 1.54) is 84.1 Å². The van der Waals surface area contributed by atoms with Gasteiger partial charge in [-0.05, 0) is 56.6 Å². The second kappa shape index (κ2) is 11.0. The summed E-state index contributed by atoms with van der Waals surface area (Å²) in [6, 6.07) is 59.9. The van der Waals surface area contributed by atoms with E-state index < -0.39 is 0 Å². The van der Waals surface area contributed by atoms with Crippen LogP contribution in [0.25, 0.3) is 123 Å². The Labute approximate surface area is 322 Å². The molecule has 0 amide bonds. The number of fused-ring (bicyclic) bond motifs is 18. The number of hydrogen-bond donors (Lipinski definition) is 0. The first kappa shape index (κ1) is 29.8. The van der Waals surface area contributed by atoms with E-state index in [1.807, 2.05) is 11.3 Å². The first-order chi connectivity index (χ1) is 27.3. The lowest BCUT2D eigenvalue weighted by Crippen LogP contribution is -2.03. The lowest BCUT2D eigenvalue weighted by molar-refractivity contribution is 1.02. The third-order valence-corrected chi connectivity index (χ3v) is 13.8. The van der Waals surface area contributed by atoms with Gasteiger partial charge in [0.25, 0.3) is 0 Å². The summed E-state index contributed by atoms with van der Waals surface area (Å²) in [4.78, 5) is 12.2. The van der Waals surface area contributed by atoms with Crippen LogP contribution in [0.1, 0.15) is 0 Å². The zero-order chi connectivity index (χ0) is 35.8. The molecule has 0 atom stereocenters. The Morgan fingerprint density at radius 1 is 0.382 bits per heavy atom. The minimum absolute atomic E-state index is 0.686. The Bertz CT molecular complexity index is 3760. The van der Waals surface area contributed by atoms with Crippen LogP contribution in [0.15, 0.2) is 164 Å². The van der Waals surface area contributed by atoms with E-state index in [0.717, 1.165) is 32.5 Å². The molecule has 0 aliphatic rings. The summed E-state index contributed by atoms with van der Waals surface area (Å²) >= 11 is 3.59. The van der Waals surface area contributed by atoms with E-state index in [4.69, 9.17) is 9.97 Å². The van der Waals surface area contributed by atoms with Gasteiger partial charge in [0, 0.05) is 62.8 Å². The molecule has 9 aromatic carbocycles. The molecule has 0 aliphatic heterocycles. The normalized spacial score (nSPS) is 12.4. The van der Waals surface area contributed by atoms with Gasteiger partial charge in [-0.2, -0.15) is 0 Å². The Morgan fingerprint density at radius 3 is 1.76 bits per heavy atom. The third-order valence-electron chi connectivity index (χ3n) is 11.6. The standard InChI is InChI=1S/C50H27N3S2/c1-2-12-30-28(11-1)21-24-39-45-40(26-25-37-33-15-4-3-13-31(33)32-14-5-6-17-36(32)44(37)45)53(48(30)39)50-51-47(46-38-18-8-10-20-42(38)55-49(46)52-50)29-22-23-35-34-16-7-9-19-41(34)54-43(35)27-29/h1-27H. The van der Waals surface area contributed by atoms with Crippen LogP contribution in [0.3, 0.4) is 0 Å². The first-order valence-corrected chi connectivity index (χ1v) is 20.2. The van der Waals surface area contributed by atoms with E-state index in [9.17, 15) is 0 Å². The highest BCUT2D eigenvalue weighted by Gasteiger charge is 2.24. The number of aromatic nitrogens is 3.